The standard InChI is InChI=1S/C23H25N3OS2/c1-16-21(17(2)26(25-16)15-18-8-4-3-5-9-18)22(27)24-20-11-6-10-19(14-20)23-28-12-7-13-29-23/h3-6,8-11,14,23H,7,12-13,15H2,1-2H3,(H,24,27). The van der Waals surface area contributed by atoms with Crippen molar-refractivity contribution in [3.63, 3.8) is 0 Å². The molecule has 1 aromatic heterocycles. The van der Waals surface area contributed by atoms with Crippen molar-refractivity contribution in [2.75, 3.05) is 16.8 Å². The van der Waals surface area contributed by atoms with Gasteiger partial charge in [0, 0.05) is 11.4 Å². The molecular weight excluding hydrogens is 398 g/mol. The summed E-state index contributed by atoms with van der Waals surface area (Å²) in [6.07, 6.45) is 1.27. The summed E-state index contributed by atoms with van der Waals surface area (Å²) in [5, 5.41) is 7.69. The Labute approximate surface area is 180 Å². The van der Waals surface area contributed by atoms with Gasteiger partial charge in [-0.15, -0.1) is 23.5 Å². The minimum Gasteiger partial charge on any atom is -0.322 e. The van der Waals surface area contributed by atoms with Gasteiger partial charge in [-0.3, -0.25) is 9.48 Å². The molecule has 0 aliphatic carbocycles. The molecule has 2 aromatic carbocycles. The largest absolute Gasteiger partial charge is 0.322 e. The predicted octanol–water partition coefficient (Wildman–Crippen LogP) is 5.67. The summed E-state index contributed by atoms with van der Waals surface area (Å²) in [6.45, 7) is 4.52. The highest BCUT2D eigenvalue weighted by atomic mass is 32.2. The molecule has 0 unspecified atom stereocenters. The van der Waals surface area contributed by atoms with E-state index >= 15 is 0 Å². The van der Waals surface area contributed by atoms with E-state index in [4.69, 9.17) is 0 Å². The van der Waals surface area contributed by atoms with Gasteiger partial charge in [0.1, 0.15) is 0 Å². The average Bonchev–Trinajstić information content (AvgIpc) is 3.02. The van der Waals surface area contributed by atoms with Crippen LogP contribution >= 0.6 is 23.5 Å². The number of amides is 1. The molecule has 1 aliphatic heterocycles. The summed E-state index contributed by atoms with van der Waals surface area (Å²) in [4.78, 5) is 13.0. The molecule has 1 N–H and O–H groups in total. The summed E-state index contributed by atoms with van der Waals surface area (Å²) >= 11 is 3.97. The lowest BCUT2D eigenvalue weighted by Crippen LogP contribution is -2.14. The first-order valence-corrected chi connectivity index (χ1v) is 11.9. The number of aryl methyl sites for hydroxylation is 1. The minimum absolute atomic E-state index is 0.0968. The molecule has 1 fully saturated rings. The zero-order valence-corrected chi connectivity index (χ0v) is 18.4. The van der Waals surface area contributed by atoms with Crippen LogP contribution in [0, 0.1) is 13.8 Å². The van der Waals surface area contributed by atoms with E-state index in [9.17, 15) is 4.79 Å². The van der Waals surface area contributed by atoms with E-state index < -0.39 is 0 Å². The SMILES string of the molecule is Cc1nn(Cc2ccccc2)c(C)c1C(=O)Nc1cccc(C2SCCCS2)c1. The second kappa shape index (κ2) is 9.09. The smallest absolute Gasteiger partial charge is 0.259 e. The van der Waals surface area contributed by atoms with Gasteiger partial charge in [-0.1, -0.05) is 42.5 Å². The van der Waals surface area contributed by atoms with Gasteiger partial charge in [0.15, 0.2) is 0 Å². The first kappa shape index (κ1) is 20.1. The van der Waals surface area contributed by atoms with Gasteiger partial charge in [-0.2, -0.15) is 5.10 Å². The number of anilines is 1. The van der Waals surface area contributed by atoms with Crippen molar-refractivity contribution >= 4 is 35.1 Å². The molecular formula is C23H25N3OS2. The Morgan fingerprint density at radius 3 is 2.62 bits per heavy atom. The third-order valence-electron chi connectivity index (χ3n) is 5.03. The predicted molar refractivity (Wildman–Crippen MR) is 124 cm³/mol. The van der Waals surface area contributed by atoms with Crippen molar-refractivity contribution in [3.8, 4) is 0 Å². The van der Waals surface area contributed by atoms with Gasteiger partial charge >= 0.3 is 0 Å². The molecule has 150 valence electrons. The molecule has 6 heteroatoms. The van der Waals surface area contributed by atoms with Crippen molar-refractivity contribution in [2.24, 2.45) is 0 Å². The second-order valence-corrected chi connectivity index (χ2v) is 9.92. The highest BCUT2D eigenvalue weighted by Gasteiger charge is 2.20. The molecule has 2 heterocycles. The molecule has 1 amide bonds. The van der Waals surface area contributed by atoms with Crippen LogP contribution in [0.5, 0.6) is 0 Å². The summed E-state index contributed by atoms with van der Waals surface area (Å²) < 4.78 is 2.36. The number of rotatable bonds is 5. The molecule has 0 spiro atoms. The Bertz CT molecular complexity index is 995. The number of nitrogens with one attached hydrogen (secondary N) is 1. The lowest BCUT2D eigenvalue weighted by Gasteiger charge is -2.21. The topological polar surface area (TPSA) is 46.9 Å². The Balaban J connectivity index is 1.51. The van der Waals surface area contributed by atoms with Crippen molar-refractivity contribution in [1.82, 2.24) is 9.78 Å². The monoisotopic (exact) mass is 423 g/mol. The number of nitrogens with zero attached hydrogens (tertiary/aromatic N) is 2. The van der Waals surface area contributed by atoms with Crippen molar-refractivity contribution in [1.29, 1.82) is 0 Å². The molecule has 1 saturated heterocycles. The summed E-state index contributed by atoms with van der Waals surface area (Å²) in [7, 11) is 0. The molecule has 29 heavy (non-hydrogen) atoms. The van der Waals surface area contributed by atoms with Crippen LogP contribution in [0.2, 0.25) is 0 Å². The number of thioether (sulfide) groups is 2. The van der Waals surface area contributed by atoms with E-state index in [1.54, 1.807) is 0 Å². The Morgan fingerprint density at radius 2 is 1.86 bits per heavy atom. The summed E-state index contributed by atoms with van der Waals surface area (Å²) in [5.41, 5.74) is 5.58. The van der Waals surface area contributed by atoms with Crippen LogP contribution in [-0.2, 0) is 6.54 Å². The zero-order valence-electron chi connectivity index (χ0n) is 16.7. The van der Waals surface area contributed by atoms with E-state index in [2.05, 4.69) is 34.7 Å². The average molecular weight is 424 g/mol. The van der Waals surface area contributed by atoms with Crippen molar-refractivity contribution in [3.05, 3.63) is 82.7 Å². The number of hydrogen-bond acceptors (Lipinski definition) is 4. The van der Waals surface area contributed by atoms with Gasteiger partial charge in [-0.25, -0.2) is 0 Å². The van der Waals surface area contributed by atoms with Crippen molar-refractivity contribution < 1.29 is 4.79 Å². The normalized spacial score (nSPS) is 14.7. The minimum atomic E-state index is -0.0968. The van der Waals surface area contributed by atoms with Crippen molar-refractivity contribution in [2.45, 2.75) is 31.4 Å². The first-order valence-electron chi connectivity index (χ1n) is 9.84. The van der Waals surface area contributed by atoms with E-state index in [0.29, 0.717) is 16.7 Å². The van der Waals surface area contributed by atoms with E-state index in [1.165, 1.54) is 29.1 Å². The fraction of sp³-hybridized carbons (Fsp3) is 0.304. The molecule has 0 saturated carbocycles. The number of aromatic nitrogens is 2. The Hall–Kier alpha value is -2.18. The number of carbonyl (C=O) groups excluding carboxylic acids is 1. The molecule has 3 aromatic rings. The second-order valence-electron chi connectivity index (χ2n) is 7.20. The van der Waals surface area contributed by atoms with Gasteiger partial charge in [-0.05, 0) is 55.0 Å². The molecule has 1 aliphatic rings. The maximum absolute atomic E-state index is 13.0. The van der Waals surface area contributed by atoms with E-state index in [0.717, 1.165) is 17.1 Å². The third kappa shape index (κ3) is 4.70. The van der Waals surface area contributed by atoms with Crippen LogP contribution < -0.4 is 5.32 Å². The van der Waals surface area contributed by atoms with Crippen LogP contribution in [0.1, 0.15) is 43.9 Å². The Kier molecular flexibility index (Phi) is 6.31. The summed E-state index contributed by atoms with van der Waals surface area (Å²) in [6, 6.07) is 18.4. The highest BCUT2D eigenvalue weighted by molar-refractivity contribution is 8.16. The summed E-state index contributed by atoms with van der Waals surface area (Å²) in [5.74, 6) is 2.31. The number of carbonyl (C=O) groups is 1. The highest BCUT2D eigenvalue weighted by Crippen LogP contribution is 2.44. The molecule has 0 radical (unpaired) electrons. The van der Waals surface area contributed by atoms with Crippen LogP contribution in [0.25, 0.3) is 0 Å². The van der Waals surface area contributed by atoms with Gasteiger partial charge in [0.25, 0.3) is 5.91 Å². The van der Waals surface area contributed by atoms with Crippen LogP contribution in [-0.4, -0.2) is 27.2 Å². The lowest BCUT2D eigenvalue weighted by atomic mass is 10.1. The maximum Gasteiger partial charge on any atom is 0.259 e. The molecule has 0 atom stereocenters. The first-order chi connectivity index (χ1) is 14.1. The zero-order chi connectivity index (χ0) is 20.2. The molecule has 4 rings (SSSR count). The van der Waals surface area contributed by atoms with Gasteiger partial charge < -0.3 is 5.32 Å². The maximum atomic E-state index is 13.0. The van der Waals surface area contributed by atoms with Crippen LogP contribution in [0.15, 0.2) is 54.6 Å². The lowest BCUT2D eigenvalue weighted by molar-refractivity contribution is 0.102. The van der Waals surface area contributed by atoms with E-state index in [1.807, 2.05) is 72.4 Å². The van der Waals surface area contributed by atoms with Crippen LogP contribution in [0.3, 0.4) is 0 Å². The molecule has 0 bridgehead atoms. The fourth-order valence-corrected chi connectivity index (χ4v) is 6.45. The number of hydrogen-bond donors (Lipinski definition) is 1. The van der Waals surface area contributed by atoms with Gasteiger partial charge in [0.05, 0.1) is 22.4 Å². The van der Waals surface area contributed by atoms with Gasteiger partial charge in [0.2, 0.25) is 0 Å². The third-order valence-corrected chi connectivity index (χ3v) is 8.04. The Morgan fingerprint density at radius 1 is 1.10 bits per heavy atom. The quantitative estimate of drug-likeness (QED) is 0.574. The molecule has 4 nitrogen and oxygen atoms in total. The number of benzene rings is 2. The fourth-order valence-electron chi connectivity index (χ4n) is 3.57. The van der Waals surface area contributed by atoms with Crippen LogP contribution in [0.4, 0.5) is 5.69 Å². The van der Waals surface area contributed by atoms with E-state index in [-0.39, 0.29) is 5.91 Å².